The Morgan fingerprint density at radius 2 is 2.15 bits per heavy atom. The quantitative estimate of drug-likeness (QED) is 0.652. The van der Waals surface area contributed by atoms with Crippen LogP contribution in [0.3, 0.4) is 0 Å². The van der Waals surface area contributed by atoms with E-state index in [2.05, 4.69) is 25.1 Å². The number of nitrogens with two attached hydrogens (primary N) is 1. The molecule has 0 amide bonds. The molecule has 2 N–H and O–H groups in total. The van der Waals surface area contributed by atoms with E-state index < -0.39 is 0 Å². The number of rotatable bonds is 1. The third-order valence-corrected chi connectivity index (χ3v) is 3.20. The molecule has 13 heavy (non-hydrogen) atoms. The van der Waals surface area contributed by atoms with E-state index in [1.165, 1.54) is 24.8 Å². The fourth-order valence-electron chi connectivity index (χ4n) is 2.43. The van der Waals surface area contributed by atoms with Gasteiger partial charge in [0.15, 0.2) is 0 Å². The van der Waals surface area contributed by atoms with Gasteiger partial charge in [-0.2, -0.15) is 0 Å². The van der Waals surface area contributed by atoms with Gasteiger partial charge in [-0.25, -0.2) is 0 Å². The highest BCUT2D eigenvalue weighted by atomic mass is 14.5. The van der Waals surface area contributed by atoms with Gasteiger partial charge in [-0.3, -0.25) is 0 Å². The SMILES string of the molecule is CC1CCCC1c1cccc(N)c1. The Balaban J connectivity index is 2.24. The largest absolute Gasteiger partial charge is 0.399 e. The van der Waals surface area contributed by atoms with Crippen LogP contribution in [-0.4, -0.2) is 0 Å². The number of anilines is 1. The van der Waals surface area contributed by atoms with E-state index in [9.17, 15) is 0 Å². The van der Waals surface area contributed by atoms with Crippen molar-refractivity contribution in [2.45, 2.75) is 32.1 Å². The van der Waals surface area contributed by atoms with Crippen molar-refractivity contribution in [2.24, 2.45) is 5.92 Å². The molecule has 1 aliphatic carbocycles. The molecule has 1 aliphatic rings. The second-order valence-electron chi connectivity index (χ2n) is 4.18. The second-order valence-corrected chi connectivity index (χ2v) is 4.18. The Labute approximate surface area is 80.0 Å². The zero-order chi connectivity index (χ0) is 9.26. The van der Waals surface area contributed by atoms with Gasteiger partial charge in [-0.05, 0) is 36.0 Å². The number of benzene rings is 1. The van der Waals surface area contributed by atoms with Crippen molar-refractivity contribution >= 4 is 5.69 Å². The summed E-state index contributed by atoms with van der Waals surface area (Å²) in [6.45, 7) is 2.35. The van der Waals surface area contributed by atoms with Gasteiger partial charge >= 0.3 is 0 Å². The smallest absolute Gasteiger partial charge is 0.0316 e. The zero-order valence-electron chi connectivity index (χ0n) is 8.16. The third-order valence-electron chi connectivity index (χ3n) is 3.20. The minimum Gasteiger partial charge on any atom is -0.399 e. The first-order valence-corrected chi connectivity index (χ1v) is 5.13. The van der Waals surface area contributed by atoms with Crippen molar-refractivity contribution in [1.82, 2.24) is 0 Å². The van der Waals surface area contributed by atoms with E-state index in [1.807, 2.05) is 6.07 Å². The Kier molecular flexibility index (Phi) is 2.26. The molecule has 0 spiro atoms. The van der Waals surface area contributed by atoms with Gasteiger partial charge in [0.25, 0.3) is 0 Å². The van der Waals surface area contributed by atoms with Crippen LogP contribution < -0.4 is 5.73 Å². The first kappa shape index (κ1) is 8.61. The van der Waals surface area contributed by atoms with Crippen LogP contribution in [0.1, 0.15) is 37.7 Å². The van der Waals surface area contributed by atoms with Crippen LogP contribution in [0, 0.1) is 5.92 Å². The molecule has 0 bridgehead atoms. The predicted molar refractivity (Wildman–Crippen MR) is 56.6 cm³/mol. The van der Waals surface area contributed by atoms with Crippen LogP contribution in [-0.2, 0) is 0 Å². The van der Waals surface area contributed by atoms with Gasteiger partial charge in [0.1, 0.15) is 0 Å². The highest BCUT2D eigenvalue weighted by Gasteiger charge is 2.24. The Morgan fingerprint density at radius 3 is 2.77 bits per heavy atom. The lowest BCUT2D eigenvalue weighted by atomic mass is 9.90. The normalized spacial score (nSPS) is 27.8. The van der Waals surface area contributed by atoms with Crippen LogP contribution in [0.5, 0.6) is 0 Å². The maximum absolute atomic E-state index is 5.77. The molecule has 1 saturated carbocycles. The highest BCUT2D eigenvalue weighted by Crippen LogP contribution is 2.39. The molecule has 70 valence electrons. The van der Waals surface area contributed by atoms with E-state index in [1.54, 1.807) is 0 Å². The van der Waals surface area contributed by atoms with Crippen molar-refractivity contribution in [2.75, 3.05) is 5.73 Å². The lowest BCUT2D eigenvalue weighted by molar-refractivity contribution is 0.533. The molecule has 2 unspecified atom stereocenters. The average molecular weight is 175 g/mol. The number of hydrogen-bond acceptors (Lipinski definition) is 1. The minimum atomic E-state index is 0.753. The molecule has 1 heteroatoms. The molecular formula is C12H17N. The summed E-state index contributed by atoms with van der Waals surface area (Å²) in [5, 5.41) is 0. The van der Waals surface area contributed by atoms with Gasteiger partial charge < -0.3 is 5.73 Å². The lowest BCUT2D eigenvalue weighted by Crippen LogP contribution is -2.02. The second kappa shape index (κ2) is 3.41. The summed E-state index contributed by atoms with van der Waals surface area (Å²) < 4.78 is 0. The molecule has 0 aromatic heterocycles. The molecule has 1 fully saturated rings. The van der Waals surface area contributed by atoms with E-state index in [4.69, 9.17) is 5.73 Å². The van der Waals surface area contributed by atoms with Crippen LogP contribution in [0.15, 0.2) is 24.3 Å². The van der Waals surface area contributed by atoms with Gasteiger partial charge in [0.2, 0.25) is 0 Å². The van der Waals surface area contributed by atoms with Crippen molar-refractivity contribution in [3.63, 3.8) is 0 Å². The maximum Gasteiger partial charge on any atom is 0.0316 e. The van der Waals surface area contributed by atoms with E-state index in [-0.39, 0.29) is 0 Å². The standard InChI is InChI=1S/C12H17N/c1-9-4-2-7-12(9)10-5-3-6-11(13)8-10/h3,5-6,8-9,12H,2,4,7,13H2,1H3. The van der Waals surface area contributed by atoms with Crippen LogP contribution in [0.4, 0.5) is 5.69 Å². The Hall–Kier alpha value is -0.980. The van der Waals surface area contributed by atoms with Gasteiger partial charge in [0.05, 0.1) is 0 Å². The van der Waals surface area contributed by atoms with Crippen LogP contribution in [0.25, 0.3) is 0 Å². The number of hydrogen-bond donors (Lipinski definition) is 1. The van der Waals surface area contributed by atoms with Crippen molar-refractivity contribution < 1.29 is 0 Å². The lowest BCUT2D eigenvalue weighted by Gasteiger charge is -2.15. The molecule has 0 radical (unpaired) electrons. The molecule has 0 heterocycles. The first-order valence-electron chi connectivity index (χ1n) is 5.13. The molecule has 0 aliphatic heterocycles. The monoisotopic (exact) mass is 175 g/mol. The summed E-state index contributed by atoms with van der Waals surface area (Å²) in [4.78, 5) is 0. The van der Waals surface area contributed by atoms with Crippen molar-refractivity contribution in [1.29, 1.82) is 0 Å². The summed E-state index contributed by atoms with van der Waals surface area (Å²) >= 11 is 0. The highest BCUT2D eigenvalue weighted by molar-refractivity contribution is 5.42. The summed E-state index contributed by atoms with van der Waals surface area (Å²) in [6.07, 6.45) is 4.09. The average Bonchev–Trinajstić information content (AvgIpc) is 2.51. The first-order chi connectivity index (χ1) is 6.27. The van der Waals surface area contributed by atoms with Gasteiger partial charge in [-0.1, -0.05) is 31.9 Å². The third kappa shape index (κ3) is 1.69. The van der Waals surface area contributed by atoms with Gasteiger partial charge in [0, 0.05) is 5.69 Å². The predicted octanol–water partition coefficient (Wildman–Crippen LogP) is 3.17. The summed E-state index contributed by atoms with van der Waals surface area (Å²) in [7, 11) is 0. The fourth-order valence-corrected chi connectivity index (χ4v) is 2.43. The van der Waals surface area contributed by atoms with Crippen LogP contribution >= 0.6 is 0 Å². The molecule has 1 aromatic rings. The van der Waals surface area contributed by atoms with Crippen molar-refractivity contribution in [3.05, 3.63) is 29.8 Å². The Morgan fingerprint density at radius 1 is 1.31 bits per heavy atom. The molecule has 1 aromatic carbocycles. The fraction of sp³-hybridized carbons (Fsp3) is 0.500. The molecule has 2 rings (SSSR count). The minimum absolute atomic E-state index is 0.753. The van der Waals surface area contributed by atoms with Crippen LogP contribution in [0.2, 0.25) is 0 Å². The summed E-state index contributed by atoms with van der Waals surface area (Å²) in [6, 6.07) is 8.37. The van der Waals surface area contributed by atoms with E-state index in [0.29, 0.717) is 0 Å². The maximum atomic E-state index is 5.77. The molecule has 0 saturated heterocycles. The Bertz CT molecular complexity index is 293. The van der Waals surface area contributed by atoms with Crippen molar-refractivity contribution in [3.8, 4) is 0 Å². The molecular weight excluding hydrogens is 158 g/mol. The zero-order valence-corrected chi connectivity index (χ0v) is 8.16. The van der Waals surface area contributed by atoms with Gasteiger partial charge in [-0.15, -0.1) is 0 Å². The number of nitrogen functional groups attached to an aromatic ring is 1. The van der Waals surface area contributed by atoms with E-state index in [0.717, 1.165) is 17.5 Å². The van der Waals surface area contributed by atoms with E-state index >= 15 is 0 Å². The molecule has 1 nitrogen and oxygen atoms in total. The summed E-state index contributed by atoms with van der Waals surface area (Å²) in [5.74, 6) is 1.59. The summed E-state index contributed by atoms with van der Waals surface area (Å²) in [5.41, 5.74) is 8.11. The topological polar surface area (TPSA) is 26.0 Å². The molecule has 2 atom stereocenters.